The van der Waals surface area contributed by atoms with Crippen LogP contribution in [0.15, 0.2) is 46.9 Å². The monoisotopic (exact) mass is 743 g/mol. The largest absolute Gasteiger partial charge is 0.477 e. The van der Waals surface area contributed by atoms with Gasteiger partial charge in [0.15, 0.2) is 29.4 Å². The van der Waals surface area contributed by atoms with Crippen molar-refractivity contribution in [3.8, 4) is 0 Å². The molecule has 15 nitrogen and oxygen atoms in total. The number of thiazole rings is 1. The van der Waals surface area contributed by atoms with Crippen molar-refractivity contribution in [3.63, 3.8) is 0 Å². The maximum Gasteiger partial charge on any atom is 0.352 e. The zero-order valence-corrected chi connectivity index (χ0v) is 29.2. The minimum atomic E-state index is -1.25. The number of fused-ring (bicyclic) bond motifs is 2. The highest BCUT2D eigenvalue weighted by atomic mass is 35.5. The smallest absolute Gasteiger partial charge is 0.352 e. The third-order valence-corrected chi connectivity index (χ3v) is 11.5. The van der Waals surface area contributed by atoms with Crippen LogP contribution in [0.4, 0.5) is 15.3 Å². The lowest BCUT2D eigenvalue weighted by Crippen LogP contribution is -2.71. The van der Waals surface area contributed by atoms with Gasteiger partial charge in [0, 0.05) is 48.6 Å². The van der Waals surface area contributed by atoms with E-state index in [9.17, 15) is 19.5 Å². The highest BCUT2D eigenvalue weighted by Gasteiger charge is 2.55. The fourth-order valence-electron chi connectivity index (χ4n) is 6.70. The van der Waals surface area contributed by atoms with Crippen LogP contribution in [0.1, 0.15) is 29.7 Å². The van der Waals surface area contributed by atoms with Gasteiger partial charge in [-0.3, -0.25) is 19.9 Å². The van der Waals surface area contributed by atoms with Crippen molar-refractivity contribution < 1.29 is 33.4 Å². The number of oxime groups is 1. The number of amides is 2. The molecular weight excluding hydrogens is 711 g/mol. The molecule has 3 aromatic rings. The molecule has 2 saturated heterocycles. The van der Waals surface area contributed by atoms with E-state index in [0.29, 0.717) is 47.9 Å². The zero-order valence-electron chi connectivity index (χ0n) is 26.8. The van der Waals surface area contributed by atoms with Crippen molar-refractivity contribution in [2.75, 3.05) is 43.1 Å². The average Bonchev–Trinajstić information content (AvgIpc) is 3.90. The molecule has 0 aliphatic carbocycles. The number of nitrogens with two attached hydrogens (primary N) is 1. The molecule has 0 spiro atoms. The molecule has 50 heavy (non-hydrogen) atoms. The highest BCUT2D eigenvalue weighted by Crippen LogP contribution is 2.40. The first-order valence-corrected chi connectivity index (χ1v) is 18.0. The molecule has 2 atom stereocenters. The Kier molecular flexibility index (Phi) is 9.17. The molecule has 7 rings (SSSR count). The predicted octanol–water partition coefficient (Wildman–Crippen LogP) is 1.84. The quantitative estimate of drug-likeness (QED) is 0.0785. The number of nitrogens with zero attached hydrogens (tertiary/aromatic N) is 7. The molecule has 2 aromatic heterocycles. The van der Waals surface area contributed by atoms with E-state index < -0.39 is 29.2 Å². The number of likely N-dealkylation sites (tertiary alicyclic amines) is 1. The number of nitrogen functional groups attached to an aromatic ring is 1. The van der Waals surface area contributed by atoms with E-state index in [0.717, 1.165) is 43.1 Å². The van der Waals surface area contributed by atoms with Gasteiger partial charge in [-0.1, -0.05) is 40.2 Å². The van der Waals surface area contributed by atoms with Gasteiger partial charge in [0.2, 0.25) is 0 Å². The maximum atomic E-state index is 15.2. The van der Waals surface area contributed by atoms with Gasteiger partial charge in [-0.15, -0.1) is 21.1 Å². The number of rotatable bonds is 10. The number of β-lactam (4-membered cyclic amide) rings is 1. The summed E-state index contributed by atoms with van der Waals surface area (Å²) in [4.78, 5) is 53.1. The number of carboxylic acid groups (broad SMARTS) is 1. The number of aromatic nitrogens is 3. The molecule has 2 amide bonds. The van der Waals surface area contributed by atoms with E-state index in [1.165, 1.54) is 29.8 Å². The van der Waals surface area contributed by atoms with Gasteiger partial charge in [0.25, 0.3) is 11.8 Å². The van der Waals surface area contributed by atoms with Crippen LogP contribution in [-0.4, -0.2) is 97.8 Å². The lowest BCUT2D eigenvalue weighted by molar-refractivity contribution is -0.766. The summed E-state index contributed by atoms with van der Waals surface area (Å²) in [6, 6.07) is 5.87. The SMILES string of the molecule is CO/N=C(\C(=O)N[C@@H]1C(=O)N2C(C(=O)O)=C(C[n+]3ccc4n3CCN4Cc3ccc(C(=N)N4CCCC4)cc3F)CS[C@H]12)c1nc(N)sc1Cl. The van der Waals surface area contributed by atoms with Crippen molar-refractivity contribution >= 4 is 75.0 Å². The number of anilines is 2. The number of hydrogen-bond acceptors (Lipinski definition) is 11. The van der Waals surface area contributed by atoms with Crippen LogP contribution >= 0.6 is 34.7 Å². The molecule has 4 aliphatic rings. The van der Waals surface area contributed by atoms with E-state index in [1.807, 2.05) is 26.5 Å². The second-order valence-electron chi connectivity index (χ2n) is 12.1. The lowest BCUT2D eigenvalue weighted by Gasteiger charge is -2.49. The Bertz CT molecular complexity index is 1980. The minimum absolute atomic E-state index is 0.00881. The van der Waals surface area contributed by atoms with Gasteiger partial charge < -0.3 is 30.8 Å². The van der Waals surface area contributed by atoms with Crippen molar-refractivity contribution in [2.24, 2.45) is 5.16 Å². The van der Waals surface area contributed by atoms with Crippen LogP contribution in [0, 0.1) is 11.2 Å². The first-order valence-electron chi connectivity index (χ1n) is 15.8. The Labute approximate surface area is 298 Å². The molecule has 0 unspecified atom stereocenters. The standard InChI is InChI=1S/C31H32ClFN10O5S2/c1-48-38-22(21-25(32)50-31(35)37-21)27(44)36-23-28(45)43-24(30(46)47)18(15-49-29(23)43)14-41-9-6-20-40(10-11-42(20)41)13-17-5-4-16(12-19(17)33)26(34)39-7-2-3-8-39/h4-6,9,12,23,29,34H,2-3,7-8,10-11,13-15H2,1H3,(H3-,35,36,37,44,46,47)/p+1/b34-26?,38-22-/t23-,29-/m1/s1. The summed E-state index contributed by atoms with van der Waals surface area (Å²) in [6.45, 7) is 3.41. The Hall–Kier alpha value is -4.68. The molecular formula is C31H33ClFN10O5S2+. The maximum absolute atomic E-state index is 15.2. The Morgan fingerprint density at radius 2 is 2.04 bits per heavy atom. The lowest BCUT2D eigenvalue weighted by atomic mass is 10.0. The molecule has 262 valence electrons. The highest BCUT2D eigenvalue weighted by molar-refractivity contribution is 8.00. The number of thioether (sulfide) groups is 1. The fourth-order valence-corrected chi connectivity index (χ4v) is 8.96. The summed E-state index contributed by atoms with van der Waals surface area (Å²) in [5.41, 5.74) is 6.96. The molecule has 1 aromatic carbocycles. The molecule has 4 aliphatic heterocycles. The number of amidine groups is 1. The summed E-state index contributed by atoms with van der Waals surface area (Å²) < 4.78 is 19.3. The van der Waals surface area contributed by atoms with Gasteiger partial charge in [-0.05, 0) is 18.9 Å². The second kappa shape index (κ2) is 13.6. The molecule has 2 fully saturated rings. The summed E-state index contributed by atoms with van der Waals surface area (Å²) in [5, 5.41) is 24.5. The molecule has 19 heteroatoms. The Morgan fingerprint density at radius 3 is 2.72 bits per heavy atom. The van der Waals surface area contributed by atoms with E-state index >= 15 is 4.39 Å². The molecule has 0 saturated carbocycles. The first-order chi connectivity index (χ1) is 24.0. The topological polar surface area (TPSA) is 186 Å². The second-order valence-corrected chi connectivity index (χ2v) is 14.8. The van der Waals surface area contributed by atoms with Crippen LogP contribution in [0.25, 0.3) is 0 Å². The fraction of sp³-hybridized carbons (Fsp3) is 0.387. The third-order valence-electron chi connectivity index (χ3n) is 9.10. The van der Waals surface area contributed by atoms with E-state index in [4.69, 9.17) is 27.6 Å². The number of aliphatic carboxylic acids is 1. The first kappa shape index (κ1) is 33.8. The van der Waals surface area contributed by atoms with E-state index in [2.05, 4.69) is 20.4 Å². The number of benzene rings is 1. The van der Waals surface area contributed by atoms with Gasteiger partial charge in [0.05, 0.1) is 12.6 Å². The van der Waals surface area contributed by atoms with Gasteiger partial charge in [-0.2, -0.15) is 0 Å². The molecule has 0 radical (unpaired) electrons. The van der Waals surface area contributed by atoms with Crippen LogP contribution in [0.3, 0.4) is 0 Å². The number of nitrogens with one attached hydrogen (secondary N) is 2. The van der Waals surface area contributed by atoms with Crippen molar-refractivity contribution in [1.29, 1.82) is 5.41 Å². The Balaban J connectivity index is 1.04. The van der Waals surface area contributed by atoms with Gasteiger partial charge >= 0.3 is 5.97 Å². The normalized spacial score (nSPS) is 20.2. The van der Waals surface area contributed by atoms with Gasteiger partial charge in [0.1, 0.15) is 45.9 Å². The predicted molar refractivity (Wildman–Crippen MR) is 184 cm³/mol. The van der Waals surface area contributed by atoms with E-state index in [-0.39, 0.29) is 38.9 Å². The van der Waals surface area contributed by atoms with Crippen LogP contribution in [0.5, 0.6) is 0 Å². The van der Waals surface area contributed by atoms with E-state index in [1.54, 1.807) is 12.1 Å². The molecule has 5 N–H and O–H groups in total. The average molecular weight is 744 g/mol. The number of hydrogen-bond donors (Lipinski definition) is 4. The number of carbonyl (C=O) groups is 3. The van der Waals surface area contributed by atoms with Crippen molar-refractivity contribution in [3.05, 3.63) is 68.7 Å². The van der Waals surface area contributed by atoms with Crippen LogP contribution in [0.2, 0.25) is 4.34 Å². The number of carboxylic acids is 1. The molecule has 6 heterocycles. The van der Waals surface area contributed by atoms with Gasteiger partial charge in [-0.25, -0.2) is 14.2 Å². The summed E-state index contributed by atoms with van der Waals surface area (Å²) in [5.74, 6) is -1.45. The number of halogens is 2. The van der Waals surface area contributed by atoms with Crippen molar-refractivity contribution in [2.45, 2.75) is 43.9 Å². The Morgan fingerprint density at radius 1 is 1.26 bits per heavy atom. The minimum Gasteiger partial charge on any atom is -0.477 e. The van der Waals surface area contributed by atoms with Crippen LogP contribution in [-0.2, 0) is 38.9 Å². The summed E-state index contributed by atoms with van der Waals surface area (Å²) >= 11 is 8.46. The number of carbonyl (C=O) groups excluding carboxylic acids is 2. The zero-order chi connectivity index (χ0) is 35.3. The van der Waals surface area contributed by atoms with Crippen molar-refractivity contribution in [1.82, 2.24) is 24.8 Å². The molecule has 0 bridgehead atoms. The summed E-state index contributed by atoms with van der Waals surface area (Å²) in [7, 11) is 1.24. The summed E-state index contributed by atoms with van der Waals surface area (Å²) in [6.07, 6.45) is 3.92. The van der Waals surface area contributed by atoms with Crippen LogP contribution < -0.4 is 20.6 Å². The third kappa shape index (κ3) is 6.04.